The quantitative estimate of drug-likeness (QED) is 0.160. The van der Waals surface area contributed by atoms with Gasteiger partial charge in [-0.1, -0.05) is 169 Å². The molecule has 0 aliphatic heterocycles. The van der Waals surface area contributed by atoms with E-state index < -0.39 is 16.1 Å². The van der Waals surface area contributed by atoms with Crippen molar-refractivity contribution in [2.75, 3.05) is 0 Å². The summed E-state index contributed by atoms with van der Waals surface area (Å²) in [7, 11) is -3.78. The van der Waals surface area contributed by atoms with E-state index in [9.17, 15) is 0 Å². The zero-order valence-corrected chi connectivity index (χ0v) is 34.5. The fourth-order valence-electron chi connectivity index (χ4n) is 9.96. The predicted molar refractivity (Wildman–Crippen MR) is 233 cm³/mol. The molecule has 0 fully saturated rings. The first-order valence-electron chi connectivity index (χ1n) is 19.1. The van der Waals surface area contributed by atoms with Crippen molar-refractivity contribution in [3.8, 4) is 44.5 Å². The summed E-state index contributed by atoms with van der Waals surface area (Å²) in [5.74, 6) is 0. The minimum atomic E-state index is -1.89. The van der Waals surface area contributed by atoms with Crippen molar-refractivity contribution in [2.45, 2.75) is 77.8 Å². The monoisotopic (exact) mass is 706 g/mol. The van der Waals surface area contributed by atoms with Gasteiger partial charge in [-0.15, -0.1) is 0 Å². The average Bonchev–Trinajstić information content (AvgIpc) is 3.48. The number of fused-ring (bicyclic) bond motifs is 8. The second kappa shape index (κ2) is 11.0. The highest BCUT2D eigenvalue weighted by molar-refractivity contribution is 6.92. The topological polar surface area (TPSA) is 0 Å². The third-order valence-corrected chi connectivity index (χ3v) is 16.3. The van der Waals surface area contributed by atoms with E-state index in [0.29, 0.717) is 0 Å². The van der Waals surface area contributed by atoms with Crippen molar-refractivity contribution < 1.29 is 0 Å². The highest BCUT2D eigenvalue weighted by Gasteiger charge is 2.50. The lowest BCUT2D eigenvalue weighted by atomic mass is 9.77. The van der Waals surface area contributed by atoms with Crippen molar-refractivity contribution in [1.82, 2.24) is 0 Å². The molecule has 0 saturated carbocycles. The third kappa shape index (κ3) is 4.76. The summed E-state index contributed by atoms with van der Waals surface area (Å²) in [4.78, 5) is 0. The fourth-order valence-corrected chi connectivity index (χ4v) is 14.4. The average molecular weight is 707 g/mol. The van der Waals surface area contributed by atoms with E-state index in [0.717, 1.165) is 0 Å². The summed E-state index contributed by atoms with van der Waals surface area (Å²) in [6, 6.07) is 46.2. The molecular weight excluding hydrogens is 657 g/mol. The van der Waals surface area contributed by atoms with Crippen LogP contribution in [0.1, 0.15) is 49.9 Å². The van der Waals surface area contributed by atoms with Crippen molar-refractivity contribution >= 4 is 48.1 Å². The minimum absolute atomic E-state index is 0.113. The molecule has 0 saturated heterocycles. The van der Waals surface area contributed by atoms with Gasteiger partial charge in [-0.2, -0.15) is 0 Å². The molecule has 52 heavy (non-hydrogen) atoms. The molecule has 0 nitrogen and oxygen atoms in total. The largest absolute Gasteiger partial charge is 0.0792 e. The lowest BCUT2D eigenvalue weighted by molar-refractivity contribution is 0.646. The Balaban J connectivity index is 1.31. The fraction of sp³-hybridized carbons (Fsp3) is 0.240. The lowest BCUT2D eigenvalue weighted by Crippen LogP contribution is -2.51. The van der Waals surface area contributed by atoms with Gasteiger partial charge in [0.05, 0.1) is 16.1 Å². The Morgan fingerprint density at radius 3 is 1.10 bits per heavy atom. The van der Waals surface area contributed by atoms with Crippen molar-refractivity contribution in [3.05, 3.63) is 144 Å². The molecule has 0 unspecified atom stereocenters. The summed E-state index contributed by atoms with van der Waals surface area (Å²) >= 11 is 0. The third-order valence-electron chi connectivity index (χ3n) is 12.3. The van der Waals surface area contributed by atoms with Gasteiger partial charge >= 0.3 is 0 Å². The molecule has 7 aromatic rings. The maximum absolute atomic E-state index is 2.59. The normalized spacial score (nSPS) is 15.4. The van der Waals surface area contributed by atoms with Gasteiger partial charge in [0, 0.05) is 10.8 Å². The molecule has 2 heteroatoms. The Bertz CT molecular complexity index is 2470. The van der Waals surface area contributed by atoms with Gasteiger partial charge in [0.1, 0.15) is 0 Å². The second-order valence-electron chi connectivity index (χ2n) is 18.6. The molecule has 0 spiro atoms. The first kappa shape index (κ1) is 33.3. The van der Waals surface area contributed by atoms with Gasteiger partial charge in [-0.3, -0.25) is 0 Å². The van der Waals surface area contributed by atoms with E-state index in [4.69, 9.17) is 0 Å². The smallest absolute Gasteiger partial charge is 0.0656 e. The first-order valence-corrected chi connectivity index (χ1v) is 26.1. The van der Waals surface area contributed by atoms with Gasteiger partial charge in [-0.25, -0.2) is 0 Å². The van der Waals surface area contributed by atoms with Crippen molar-refractivity contribution in [1.29, 1.82) is 0 Å². The van der Waals surface area contributed by atoms with Crippen LogP contribution in [0.4, 0.5) is 0 Å². The van der Waals surface area contributed by atoms with E-state index in [-0.39, 0.29) is 10.8 Å². The van der Waals surface area contributed by atoms with Crippen LogP contribution < -0.4 is 10.4 Å². The molecule has 2 aliphatic rings. The molecule has 7 aromatic carbocycles. The molecule has 258 valence electrons. The summed E-state index contributed by atoms with van der Waals surface area (Å²) < 4.78 is 0. The van der Waals surface area contributed by atoms with Crippen LogP contribution in [0.2, 0.25) is 39.3 Å². The molecule has 0 heterocycles. The SMILES string of the molecule is CC1(C)c2cc(-c3ccc4ccccc4c3)ccc2-c2c1c([Si](C)(C)C)c1c(c2[Si](C)(C)C)-c2ccc(-c3ccc4ccccc4c3)cc2C1(C)C. The van der Waals surface area contributed by atoms with Gasteiger partial charge in [0.15, 0.2) is 0 Å². The standard InChI is InChI=1S/C50H50Si2/c1-49(2)41-29-37(35-21-19-31-15-11-13-17-33(31)27-35)23-25-39(41)43-45(49)48(52(8,9)10)46-44(47(43)51(5,6)7)40-26-24-38(30-42(40)50(46,3)4)36-22-20-32-16-12-14-18-34(32)28-36/h11-30H,1-10H3. The highest BCUT2D eigenvalue weighted by Crippen LogP contribution is 2.56. The molecule has 0 radical (unpaired) electrons. The van der Waals surface area contributed by atoms with Gasteiger partial charge in [-0.05, 0) is 118 Å². The first-order chi connectivity index (χ1) is 24.6. The summed E-state index contributed by atoms with van der Waals surface area (Å²) in [5.41, 5.74) is 17.3. The molecule has 9 rings (SSSR count). The molecule has 0 amide bonds. The Kier molecular flexibility index (Phi) is 7.06. The van der Waals surface area contributed by atoms with Crippen LogP contribution in [0.5, 0.6) is 0 Å². The zero-order chi connectivity index (χ0) is 36.5. The Morgan fingerprint density at radius 1 is 0.365 bits per heavy atom. The van der Waals surface area contributed by atoms with Crippen LogP contribution in [-0.2, 0) is 10.8 Å². The molecule has 0 aromatic heterocycles. The van der Waals surface area contributed by atoms with Gasteiger partial charge < -0.3 is 0 Å². The van der Waals surface area contributed by atoms with Crippen LogP contribution in [0, 0.1) is 0 Å². The highest BCUT2D eigenvalue weighted by atomic mass is 28.3. The molecule has 0 atom stereocenters. The van der Waals surface area contributed by atoms with Crippen molar-refractivity contribution in [2.24, 2.45) is 0 Å². The Labute approximate surface area is 312 Å². The number of benzene rings is 7. The van der Waals surface area contributed by atoms with E-state index in [1.807, 2.05) is 0 Å². The molecular formula is C50H50Si2. The number of hydrogen-bond acceptors (Lipinski definition) is 0. The van der Waals surface area contributed by atoms with Gasteiger partial charge in [0.2, 0.25) is 0 Å². The second-order valence-corrected chi connectivity index (χ2v) is 28.6. The van der Waals surface area contributed by atoms with E-state index >= 15 is 0 Å². The van der Waals surface area contributed by atoms with Crippen LogP contribution in [0.25, 0.3) is 66.1 Å². The van der Waals surface area contributed by atoms with Gasteiger partial charge in [0.25, 0.3) is 0 Å². The molecule has 0 N–H and O–H groups in total. The van der Waals surface area contributed by atoms with E-state index in [2.05, 4.69) is 188 Å². The maximum atomic E-state index is 2.59. The summed E-state index contributed by atoms with van der Waals surface area (Å²) in [5, 5.41) is 8.54. The molecule has 0 bridgehead atoms. The summed E-state index contributed by atoms with van der Waals surface area (Å²) in [6.07, 6.45) is 0. The number of rotatable bonds is 4. The Hall–Kier alpha value is -4.51. The van der Waals surface area contributed by atoms with Crippen LogP contribution in [-0.4, -0.2) is 16.1 Å². The maximum Gasteiger partial charge on any atom is 0.0792 e. The summed E-state index contributed by atoms with van der Waals surface area (Å²) in [6.45, 7) is 25.6. The van der Waals surface area contributed by atoms with E-state index in [1.165, 1.54) is 66.1 Å². The predicted octanol–water partition coefficient (Wildman–Crippen LogP) is 13.0. The van der Waals surface area contributed by atoms with Crippen LogP contribution in [0.3, 0.4) is 0 Å². The van der Waals surface area contributed by atoms with Crippen LogP contribution in [0.15, 0.2) is 121 Å². The van der Waals surface area contributed by atoms with Crippen molar-refractivity contribution in [3.63, 3.8) is 0 Å². The van der Waals surface area contributed by atoms with Crippen LogP contribution >= 0.6 is 0 Å². The zero-order valence-electron chi connectivity index (χ0n) is 32.5. The number of hydrogen-bond donors (Lipinski definition) is 0. The minimum Gasteiger partial charge on any atom is -0.0656 e. The molecule has 2 aliphatic carbocycles. The lowest BCUT2D eigenvalue weighted by Gasteiger charge is -2.38. The van der Waals surface area contributed by atoms with E-state index in [1.54, 1.807) is 32.6 Å². The Morgan fingerprint density at radius 2 is 0.712 bits per heavy atom.